The van der Waals surface area contributed by atoms with Gasteiger partial charge >= 0.3 is 0 Å². The van der Waals surface area contributed by atoms with Gasteiger partial charge in [0.25, 0.3) is 0 Å². The molecule has 0 rings (SSSR count). The summed E-state index contributed by atoms with van der Waals surface area (Å²) in [4.78, 5) is 0. The Kier molecular flexibility index (Phi) is 16.3. The maximum absolute atomic E-state index is 8.74. The summed E-state index contributed by atoms with van der Waals surface area (Å²) in [5.41, 5.74) is 0. The lowest BCUT2D eigenvalue weighted by atomic mass is 9.91. The van der Waals surface area contributed by atoms with Crippen molar-refractivity contribution < 1.29 is 5.11 Å². The van der Waals surface area contributed by atoms with E-state index in [0.29, 0.717) is 0 Å². The van der Waals surface area contributed by atoms with Crippen molar-refractivity contribution in [1.82, 2.24) is 5.32 Å². The molecule has 146 valence electrons. The summed E-state index contributed by atoms with van der Waals surface area (Å²) in [6.07, 6.45) is 13.9. The van der Waals surface area contributed by atoms with E-state index in [9.17, 15) is 0 Å². The fraction of sp³-hybridized carbons (Fsp3) is 1.00. The SMILES string of the molecule is CC(C)CCCC(C)CCCC(C)CCCC(C)CCNCCO. The zero-order valence-corrected chi connectivity index (χ0v) is 17.4. The van der Waals surface area contributed by atoms with E-state index in [4.69, 9.17) is 5.11 Å². The van der Waals surface area contributed by atoms with Gasteiger partial charge in [0.1, 0.15) is 0 Å². The number of rotatable bonds is 17. The van der Waals surface area contributed by atoms with Crippen LogP contribution in [0.2, 0.25) is 0 Å². The van der Waals surface area contributed by atoms with Crippen LogP contribution in [-0.4, -0.2) is 24.8 Å². The van der Waals surface area contributed by atoms with Gasteiger partial charge < -0.3 is 10.4 Å². The summed E-state index contributed by atoms with van der Waals surface area (Å²) in [7, 11) is 0. The first kappa shape index (κ1) is 23.9. The standard InChI is InChI=1S/C22H47NO/c1-19(2)9-6-10-20(3)11-7-12-21(4)13-8-14-22(5)15-16-23-17-18-24/h19-24H,6-18H2,1-5H3. The maximum Gasteiger partial charge on any atom is 0.0555 e. The highest BCUT2D eigenvalue weighted by atomic mass is 16.3. The first-order valence-corrected chi connectivity index (χ1v) is 10.8. The summed E-state index contributed by atoms with van der Waals surface area (Å²) in [5, 5.41) is 12.0. The molecule has 0 bridgehead atoms. The van der Waals surface area contributed by atoms with E-state index in [2.05, 4.69) is 39.9 Å². The lowest BCUT2D eigenvalue weighted by molar-refractivity contribution is 0.289. The molecular formula is C22H47NO. The molecule has 0 radical (unpaired) electrons. The first-order chi connectivity index (χ1) is 11.5. The number of hydrogen-bond acceptors (Lipinski definition) is 2. The molecule has 0 saturated carbocycles. The van der Waals surface area contributed by atoms with Gasteiger partial charge in [-0.2, -0.15) is 0 Å². The molecular weight excluding hydrogens is 294 g/mol. The zero-order valence-electron chi connectivity index (χ0n) is 17.4. The molecule has 0 amide bonds. The van der Waals surface area contributed by atoms with Crippen molar-refractivity contribution in [2.45, 2.75) is 98.8 Å². The molecule has 24 heavy (non-hydrogen) atoms. The molecule has 0 aliphatic carbocycles. The third kappa shape index (κ3) is 16.8. The van der Waals surface area contributed by atoms with Crippen molar-refractivity contribution in [2.75, 3.05) is 19.7 Å². The van der Waals surface area contributed by atoms with E-state index in [-0.39, 0.29) is 6.61 Å². The molecule has 0 aromatic carbocycles. The summed E-state index contributed by atoms with van der Waals surface area (Å²) in [6, 6.07) is 0. The van der Waals surface area contributed by atoms with Crippen LogP contribution in [0.4, 0.5) is 0 Å². The van der Waals surface area contributed by atoms with Crippen LogP contribution in [0.25, 0.3) is 0 Å². The predicted molar refractivity (Wildman–Crippen MR) is 108 cm³/mol. The molecule has 2 nitrogen and oxygen atoms in total. The van der Waals surface area contributed by atoms with Crippen LogP contribution >= 0.6 is 0 Å². The topological polar surface area (TPSA) is 32.3 Å². The van der Waals surface area contributed by atoms with Gasteiger partial charge in [0.15, 0.2) is 0 Å². The number of aliphatic hydroxyl groups is 1. The fourth-order valence-corrected chi connectivity index (χ4v) is 3.49. The highest BCUT2D eigenvalue weighted by molar-refractivity contribution is 4.61. The monoisotopic (exact) mass is 341 g/mol. The van der Waals surface area contributed by atoms with Crippen LogP contribution in [0, 0.1) is 23.7 Å². The van der Waals surface area contributed by atoms with Crippen LogP contribution in [0.5, 0.6) is 0 Å². The fourth-order valence-electron chi connectivity index (χ4n) is 3.49. The lowest BCUT2D eigenvalue weighted by Crippen LogP contribution is -2.20. The molecule has 2 N–H and O–H groups in total. The number of hydrogen-bond donors (Lipinski definition) is 2. The van der Waals surface area contributed by atoms with Crippen LogP contribution in [0.1, 0.15) is 98.8 Å². The molecule has 3 unspecified atom stereocenters. The maximum atomic E-state index is 8.74. The van der Waals surface area contributed by atoms with E-state index in [1.54, 1.807) is 0 Å². The van der Waals surface area contributed by atoms with Crippen LogP contribution in [0.15, 0.2) is 0 Å². The van der Waals surface area contributed by atoms with Gasteiger partial charge in [-0.1, -0.05) is 92.4 Å². The Balaban J connectivity index is 3.47. The molecule has 0 fully saturated rings. The van der Waals surface area contributed by atoms with Gasteiger partial charge in [0.2, 0.25) is 0 Å². The molecule has 2 heteroatoms. The van der Waals surface area contributed by atoms with Gasteiger partial charge in [0, 0.05) is 6.54 Å². The van der Waals surface area contributed by atoms with Crippen LogP contribution in [0.3, 0.4) is 0 Å². The van der Waals surface area contributed by atoms with Gasteiger partial charge in [-0.05, 0) is 36.6 Å². The van der Waals surface area contributed by atoms with Gasteiger partial charge in [0.05, 0.1) is 6.61 Å². The molecule has 0 aromatic heterocycles. The molecule has 0 aliphatic rings. The highest BCUT2D eigenvalue weighted by Crippen LogP contribution is 2.22. The van der Waals surface area contributed by atoms with E-state index in [1.807, 2.05) is 0 Å². The van der Waals surface area contributed by atoms with Crippen LogP contribution < -0.4 is 5.32 Å². The van der Waals surface area contributed by atoms with Crippen molar-refractivity contribution in [2.24, 2.45) is 23.7 Å². The minimum absolute atomic E-state index is 0.252. The largest absolute Gasteiger partial charge is 0.395 e. The minimum Gasteiger partial charge on any atom is -0.395 e. The molecule has 0 heterocycles. The van der Waals surface area contributed by atoms with E-state index >= 15 is 0 Å². The van der Waals surface area contributed by atoms with Crippen molar-refractivity contribution in [3.63, 3.8) is 0 Å². The first-order valence-electron chi connectivity index (χ1n) is 10.8. The van der Waals surface area contributed by atoms with Crippen molar-refractivity contribution in [1.29, 1.82) is 0 Å². The van der Waals surface area contributed by atoms with Crippen molar-refractivity contribution in [3.05, 3.63) is 0 Å². The van der Waals surface area contributed by atoms with E-state index in [0.717, 1.165) is 36.8 Å². The molecule has 0 aliphatic heterocycles. The van der Waals surface area contributed by atoms with Gasteiger partial charge in [-0.3, -0.25) is 0 Å². The Morgan fingerprint density at radius 3 is 1.42 bits per heavy atom. The lowest BCUT2D eigenvalue weighted by Gasteiger charge is -2.16. The third-order valence-corrected chi connectivity index (χ3v) is 5.37. The van der Waals surface area contributed by atoms with E-state index in [1.165, 1.54) is 64.2 Å². The van der Waals surface area contributed by atoms with Gasteiger partial charge in [-0.25, -0.2) is 0 Å². The summed E-state index contributed by atoms with van der Waals surface area (Å²) in [5.74, 6) is 3.49. The molecule has 3 atom stereocenters. The average molecular weight is 342 g/mol. The van der Waals surface area contributed by atoms with Crippen molar-refractivity contribution >= 4 is 0 Å². The van der Waals surface area contributed by atoms with Crippen LogP contribution in [-0.2, 0) is 0 Å². The smallest absolute Gasteiger partial charge is 0.0555 e. The van der Waals surface area contributed by atoms with E-state index < -0.39 is 0 Å². The number of nitrogens with one attached hydrogen (secondary N) is 1. The second-order valence-corrected chi connectivity index (χ2v) is 8.76. The summed E-state index contributed by atoms with van der Waals surface area (Å²) < 4.78 is 0. The van der Waals surface area contributed by atoms with Crippen molar-refractivity contribution in [3.8, 4) is 0 Å². The second-order valence-electron chi connectivity index (χ2n) is 8.76. The molecule has 0 spiro atoms. The minimum atomic E-state index is 0.252. The Hall–Kier alpha value is -0.0800. The normalized spacial score (nSPS) is 15.6. The second kappa shape index (κ2) is 16.4. The Morgan fingerprint density at radius 2 is 1.00 bits per heavy atom. The Bertz CT molecular complexity index is 254. The predicted octanol–water partition coefficient (Wildman–Crippen LogP) is 6.03. The quantitative estimate of drug-likeness (QED) is 0.316. The Labute approximate surface area is 153 Å². The number of aliphatic hydroxyl groups excluding tert-OH is 1. The summed E-state index contributed by atoms with van der Waals surface area (Å²) >= 11 is 0. The third-order valence-electron chi connectivity index (χ3n) is 5.37. The summed E-state index contributed by atoms with van der Waals surface area (Å²) in [6.45, 7) is 13.9. The Morgan fingerprint density at radius 1 is 0.583 bits per heavy atom. The molecule has 0 saturated heterocycles. The van der Waals surface area contributed by atoms with Gasteiger partial charge in [-0.15, -0.1) is 0 Å². The highest BCUT2D eigenvalue weighted by Gasteiger charge is 2.08. The molecule has 0 aromatic rings. The zero-order chi connectivity index (χ0) is 18.2. The average Bonchev–Trinajstić information content (AvgIpc) is 2.51.